The molecule has 1 aromatic carbocycles. The topological polar surface area (TPSA) is 82.9 Å². The fraction of sp³-hybridized carbons (Fsp3) is 0.214. The number of benzene rings is 1. The Hall–Kier alpha value is -2.65. The molecule has 0 radical (unpaired) electrons. The van der Waals surface area contributed by atoms with Crippen LogP contribution in [-0.2, 0) is 4.74 Å². The number of hydrogen-bond donors (Lipinski definition) is 2. The summed E-state index contributed by atoms with van der Waals surface area (Å²) >= 11 is 0. The quantitative estimate of drug-likeness (QED) is 0.782. The predicted molar refractivity (Wildman–Crippen MR) is 76.8 cm³/mol. The number of rotatable bonds is 6. The Kier molecular flexibility index (Phi) is 4.87. The van der Waals surface area contributed by atoms with Gasteiger partial charge in [0, 0.05) is 25.4 Å². The van der Waals surface area contributed by atoms with Crippen LogP contribution in [0.5, 0.6) is 0 Å². The summed E-state index contributed by atoms with van der Waals surface area (Å²) in [6, 6.07) is 11.1. The van der Waals surface area contributed by atoms with E-state index in [1.54, 1.807) is 19.2 Å². The van der Waals surface area contributed by atoms with E-state index in [1.807, 2.05) is 18.2 Å². The highest BCUT2D eigenvalue weighted by molar-refractivity contribution is 5.59. The van der Waals surface area contributed by atoms with Gasteiger partial charge >= 0.3 is 0 Å². The molecule has 0 atom stereocenters. The van der Waals surface area contributed by atoms with Gasteiger partial charge in [0.2, 0.25) is 0 Å². The normalized spacial score (nSPS) is 9.80. The van der Waals surface area contributed by atoms with E-state index in [9.17, 15) is 0 Å². The molecule has 0 aliphatic carbocycles. The summed E-state index contributed by atoms with van der Waals surface area (Å²) in [6.07, 6.45) is 1.49. The molecule has 0 fully saturated rings. The molecule has 0 aliphatic heterocycles. The van der Waals surface area contributed by atoms with E-state index in [0.29, 0.717) is 24.5 Å². The molecule has 0 saturated carbocycles. The lowest BCUT2D eigenvalue weighted by atomic mass is 10.2. The number of anilines is 3. The van der Waals surface area contributed by atoms with Gasteiger partial charge in [-0.3, -0.25) is 0 Å². The summed E-state index contributed by atoms with van der Waals surface area (Å²) in [5.41, 5.74) is 1.49. The van der Waals surface area contributed by atoms with E-state index in [-0.39, 0.29) is 0 Å². The zero-order chi connectivity index (χ0) is 14.2. The Morgan fingerprint density at radius 1 is 1.20 bits per heavy atom. The average Bonchev–Trinajstić information content (AvgIpc) is 2.49. The Morgan fingerprint density at radius 2 is 1.95 bits per heavy atom. The fourth-order valence-electron chi connectivity index (χ4n) is 1.58. The van der Waals surface area contributed by atoms with Crippen LogP contribution in [-0.4, -0.2) is 30.2 Å². The van der Waals surface area contributed by atoms with E-state index in [4.69, 9.17) is 10.00 Å². The van der Waals surface area contributed by atoms with Gasteiger partial charge in [0.1, 0.15) is 18.0 Å². The van der Waals surface area contributed by atoms with Crippen molar-refractivity contribution in [3.8, 4) is 6.07 Å². The molecule has 2 rings (SSSR count). The SMILES string of the molecule is COCCNc1cc(Nc2ccc(C#N)cc2)ncn1. The first-order valence-electron chi connectivity index (χ1n) is 6.14. The van der Waals surface area contributed by atoms with Crippen molar-refractivity contribution < 1.29 is 4.74 Å². The highest BCUT2D eigenvalue weighted by atomic mass is 16.5. The maximum Gasteiger partial charge on any atom is 0.135 e. The van der Waals surface area contributed by atoms with Crippen molar-refractivity contribution in [1.82, 2.24) is 9.97 Å². The molecule has 6 heteroatoms. The van der Waals surface area contributed by atoms with Crippen LogP contribution >= 0.6 is 0 Å². The number of hydrogen-bond acceptors (Lipinski definition) is 6. The van der Waals surface area contributed by atoms with Crippen LogP contribution in [0.4, 0.5) is 17.3 Å². The highest BCUT2D eigenvalue weighted by Crippen LogP contribution is 2.16. The summed E-state index contributed by atoms with van der Waals surface area (Å²) in [6.45, 7) is 1.30. The molecule has 0 amide bonds. The molecule has 0 saturated heterocycles. The first kappa shape index (κ1) is 13.8. The number of nitrogens with one attached hydrogen (secondary N) is 2. The molecule has 0 bridgehead atoms. The Morgan fingerprint density at radius 3 is 2.65 bits per heavy atom. The lowest BCUT2D eigenvalue weighted by Crippen LogP contribution is -2.09. The van der Waals surface area contributed by atoms with Gasteiger partial charge in [0.05, 0.1) is 18.2 Å². The molecule has 102 valence electrons. The molecule has 2 aromatic rings. The summed E-state index contributed by atoms with van der Waals surface area (Å²) in [5.74, 6) is 1.41. The largest absolute Gasteiger partial charge is 0.383 e. The molecule has 20 heavy (non-hydrogen) atoms. The zero-order valence-corrected chi connectivity index (χ0v) is 11.1. The van der Waals surface area contributed by atoms with Crippen LogP contribution in [0.1, 0.15) is 5.56 Å². The summed E-state index contributed by atoms with van der Waals surface area (Å²) in [5, 5.41) is 15.0. The molecule has 1 aromatic heterocycles. The van der Waals surface area contributed by atoms with Crippen molar-refractivity contribution >= 4 is 17.3 Å². The van der Waals surface area contributed by atoms with Gasteiger partial charge in [0.25, 0.3) is 0 Å². The molecular formula is C14H15N5O. The van der Waals surface area contributed by atoms with Crippen LogP contribution in [0.3, 0.4) is 0 Å². The second-order valence-corrected chi connectivity index (χ2v) is 4.02. The van der Waals surface area contributed by atoms with Crippen molar-refractivity contribution in [3.63, 3.8) is 0 Å². The lowest BCUT2D eigenvalue weighted by molar-refractivity contribution is 0.210. The van der Waals surface area contributed by atoms with Gasteiger partial charge in [-0.1, -0.05) is 0 Å². The highest BCUT2D eigenvalue weighted by Gasteiger charge is 1.99. The third kappa shape index (κ3) is 3.93. The van der Waals surface area contributed by atoms with Crippen LogP contribution in [0.15, 0.2) is 36.7 Å². The van der Waals surface area contributed by atoms with E-state index in [0.717, 1.165) is 11.5 Å². The smallest absolute Gasteiger partial charge is 0.135 e. The molecule has 0 unspecified atom stereocenters. The van der Waals surface area contributed by atoms with Crippen LogP contribution < -0.4 is 10.6 Å². The zero-order valence-electron chi connectivity index (χ0n) is 11.1. The van der Waals surface area contributed by atoms with Gasteiger partial charge in [-0.25, -0.2) is 9.97 Å². The molecule has 0 spiro atoms. The predicted octanol–water partition coefficient (Wildman–Crippen LogP) is 2.15. The minimum Gasteiger partial charge on any atom is -0.383 e. The number of nitrogens with zero attached hydrogens (tertiary/aromatic N) is 3. The maximum absolute atomic E-state index is 8.75. The number of ether oxygens (including phenoxy) is 1. The fourth-order valence-corrected chi connectivity index (χ4v) is 1.58. The van der Waals surface area contributed by atoms with Gasteiger partial charge in [0.15, 0.2) is 0 Å². The van der Waals surface area contributed by atoms with Crippen molar-refractivity contribution in [3.05, 3.63) is 42.2 Å². The summed E-state index contributed by atoms with van der Waals surface area (Å²) in [4.78, 5) is 8.27. The summed E-state index contributed by atoms with van der Waals surface area (Å²) in [7, 11) is 1.65. The van der Waals surface area contributed by atoms with Crippen LogP contribution in [0.2, 0.25) is 0 Å². The molecule has 0 aliphatic rings. The second-order valence-electron chi connectivity index (χ2n) is 4.02. The minimum atomic E-state index is 0.613. The molecule has 6 nitrogen and oxygen atoms in total. The molecule has 2 N–H and O–H groups in total. The maximum atomic E-state index is 8.75. The van der Waals surface area contributed by atoms with Crippen molar-refractivity contribution in [2.75, 3.05) is 30.9 Å². The van der Waals surface area contributed by atoms with E-state index in [2.05, 4.69) is 26.7 Å². The van der Waals surface area contributed by atoms with Gasteiger partial charge < -0.3 is 15.4 Å². The standard InChI is InChI=1S/C14H15N5O/c1-20-7-6-16-13-8-14(18-10-17-13)19-12-4-2-11(9-15)3-5-12/h2-5,8,10H,6-7H2,1H3,(H2,16,17,18,19). The number of nitriles is 1. The van der Waals surface area contributed by atoms with Crippen molar-refractivity contribution in [1.29, 1.82) is 5.26 Å². The average molecular weight is 269 g/mol. The Balaban J connectivity index is 2.01. The minimum absolute atomic E-state index is 0.613. The number of methoxy groups -OCH3 is 1. The Bertz CT molecular complexity index is 591. The monoisotopic (exact) mass is 269 g/mol. The first-order valence-corrected chi connectivity index (χ1v) is 6.14. The van der Waals surface area contributed by atoms with Crippen molar-refractivity contribution in [2.45, 2.75) is 0 Å². The van der Waals surface area contributed by atoms with Crippen LogP contribution in [0.25, 0.3) is 0 Å². The Labute approximate surface area is 117 Å². The lowest BCUT2D eigenvalue weighted by Gasteiger charge is -2.08. The third-order valence-electron chi connectivity index (χ3n) is 2.57. The first-order chi connectivity index (χ1) is 9.81. The van der Waals surface area contributed by atoms with Crippen LogP contribution in [0, 0.1) is 11.3 Å². The van der Waals surface area contributed by atoms with E-state index >= 15 is 0 Å². The van der Waals surface area contributed by atoms with Gasteiger partial charge in [-0.15, -0.1) is 0 Å². The molecule has 1 heterocycles. The molecular weight excluding hydrogens is 254 g/mol. The van der Waals surface area contributed by atoms with Gasteiger partial charge in [-0.05, 0) is 24.3 Å². The summed E-state index contributed by atoms with van der Waals surface area (Å²) < 4.78 is 4.96. The van der Waals surface area contributed by atoms with Gasteiger partial charge in [-0.2, -0.15) is 5.26 Å². The third-order valence-corrected chi connectivity index (χ3v) is 2.57. The van der Waals surface area contributed by atoms with E-state index < -0.39 is 0 Å². The van der Waals surface area contributed by atoms with Crippen molar-refractivity contribution in [2.24, 2.45) is 0 Å². The number of aromatic nitrogens is 2. The second kappa shape index (κ2) is 7.07. The van der Waals surface area contributed by atoms with E-state index in [1.165, 1.54) is 6.33 Å².